The summed E-state index contributed by atoms with van der Waals surface area (Å²) in [5, 5.41) is 3.30. The molecule has 0 aliphatic carbocycles. The number of amides is 1. The highest BCUT2D eigenvalue weighted by Crippen LogP contribution is 2.13. The van der Waals surface area contributed by atoms with Crippen molar-refractivity contribution in [3.8, 4) is 0 Å². The predicted octanol–water partition coefficient (Wildman–Crippen LogP) is 4.49. The smallest absolute Gasteiger partial charge is 0.331 e. The monoisotopic (exact) mass is 357 g/mol. The number of carbonyl (C=O) groups is 2. The minimum atomic E-state index is -0.901. The molecule has 0 aliphatic rings. The molecule has 1 amide bonds. The van der Waals surface area contributed by atoms with E-state index in [1.807, 2.05) is 30.3 Å². The van der Waals surface area contributed by atoms with Crippen molar-refractivity contribution in [2.24, 2.45) is 0 Å². The molecule has 1 atom stereocenters. The Morgan fingerprint density at radius 3 is 2.56 bits per heavy atom. The summed E-state index contributed by atoms with van der Waals surface area (Å²) in [7, 11) is 0. The van der Waals surface area contributed by atoms with E-state index in [2.05, 4.69) is 12.2 Å². The second-order valence-electron chi connectivity index (χ2n) is 5.51. The van der Waals surface area contributed by atoms with Crippen molar-refractivity contribution in [2.45, 2.75) is 26.4 Å². The maximum Gasteiger partial charge on any atom is 0.331 e. The van der Waals surface area contributed by atoms with Gasteiger partial charge in [-0.3, -0.25) is 4.79 Å². The third-order valence-electron chi connectivity index (χ3n) is 3.55. The van der Waals surface area contributed by atoms with Crippen LogP contribution in [0.1, 0.15) is 25.0 Å². The van der Waals surface area contributed by atoms with Crippen molar-refractivity contribution in [1.82, 2.24) is 0 Å². The van der Waals surface area contributed by atoms with E-state index < -0.39 is 12.1 Å². The quantitative estimate of drug-likeness (QED) is 0.612. The Morgan fingerprint density at radius 1 is 1.20 bits per heavy atom. The van der Waals surface area contributed by atoms with Crippen molar-refractivity contribution in [2.75, 3.05) is 5.32 Å². The SMILES string of the molecule is CCc1ccc(NC(=O)[C@@H](C)OC(=O)/C=C/c2cccc(Cl)c2)cc1. The second kappa shape index (κ2) is 9.04. The molecule has 2 aromatic carbocycles. The normalized spacial score (nSPS) is 12.0. The van der Waals surface area contributed by atoms with Crippen molar-refractivity contribution < 1.29 is 14.3 Å². The molecule has 0 fully saturated rings. The molecule has 25 heavy (non-hydrogen) atoms. The van der Waals surface area contributed by atoms with E-state index in [9.17, 15) is 9.59 Å². The van der Waals surface area contributed by atoms with E-state index in [4.69, 9.17) is 16.3 Å². The lowest BCUT2D eigenvalue weighted by atomic mass is 10.1. The van der Waals surface area contributed by atoms with Gasteiger partial charge in [0, 0.05) is 16.8 Å². The zero-order chi connectivity index (χ0) is 18.2. The third-order valence-corrected chi connectivity index (χ3v) is 3.79. The molecule has 5 heteroatoms. The number of ether oxygens (including phenoxy) is 1. The number of nitrogens with one attached hydrogen (secondary N) is 1. The molecule has 0 heterocycles. The first-order valence-corrected chi connectivity index (χ1v) is 8.40. The number of hydrogen-bond acceptors (Lipinski definition) is 3. The van der Waals surface area contributed by atoms with E-state index in [1.165, 1.54) is 18.6 Å². The Balaban J connectivity index is 1.87. The highest BCUT2D eigenvalue weighted by molar-refractivity contribution is 6.30. The number of anilines is 1. The van der Waals surface area contributed by atoms with E-state index in [0.717, 1.165) is 12.0 Å². The largest absolute Gasteiger partial charge is 0.449 e. The summed E-state index contributed by atoms with van der Waals surface area (Å²) >= 11 is 5.88. The molecule has 0 saturated heterocycles. The molecular formula is C20H20ClNO3. The van der Waals surface area contributed by atoms with Crippen LogP contribution in [-0.2, 0) is 20.7 Å². The highest BCUT2D eigenvalue weighted by Gasteiger charge is 2.16. The van der Waals surface area contributed by atoms with Gasteiger partial charge in [0.25, 0.3) is 5.91 Å². The zero-order valence-electron chi connectivity index (χ0n) is 14.2. The Kier molecular flexibility index (Phi) is 6.78. The van der Waals surface area contributed by atoms with Crippen LogP contribution in [0.2, 0.25) is 5.02 Å². The van der Waals surface area contributed by atoms with Crippen LogP contribution in [0.5, 0.6) is 0 Å². The topological polar surface area (TPSA) is 55.4 Å². The molecule has 0 bridgehead atoms. The first kappa shape index (κ1) is 18.7. The number of hydrogen-bond donors (Lipinski definition) is 1. The number of benzene rings is 2. The van der Waals surface area contributed by atoms with Crippen molar-refractivity contribution in [1.29, 1.82) is 0 Å². The summed E-state index contributed by atoms with van der Waals surface area (Å²) in [6, 6.07) is 14.6. The average molecular weight is 358 g/mol. The standard InChI is InChI=1S/C20H20ClNO3/c1-3-15-7-10-18(11-8-15)22-20(24)14(2)25-19(23)12-9-16-5-4-6-17(21)13-16/h4-14H,3H2,1-2H3,(H,22,24)/b12-9+/t14-/m1/s1. The molecule has 0 saturated carbocycles. The van der Waals surface area contributed by atoms with Crippen LogP contribution in [0.3, 0.4) is 0 Å². The fourth-order valence-electron chi connectivity index (χ4n) is 2.11. The lowest BCUT2D eigenvalue weighted by molar-refractivity contribution is -0.148. The Hall–Kier alpha value is -2.59. The summed E-state index contributed by atoms with van der Waals surface area (Å²) in [6.07, 6.45) is 2.89. The van der Waals surface area contributed by atoms with Gasteiger partial charge in [0.15, 0.2) is 6.10 Å². The van der Waals surface area contributed by atoms with Gasteiger partial charge in [0.1, 0.15) is 0 Å². The first-order valence-electron chi connectivity index (χ1n) is 8.02. The molecule has 0 spiro atoms. The van der Waals surface area contributed by atoms with Gasteiger partial charge in [0.05, 0.1) is 0 Å². The van der Waals surface area contributed by atoms with Gasteiger partial charge in [-0.2, -0.15) is 0 Å². The molecule has 130 valence electrons. The van der Waals surface area contributed by atoms with Gasteiger partial charge in [-0.25, -0.2) is 4.79 Å². The predicted molar refractivity (Wildman–Crippen MR) is 100 cm³/mol. The molecule has 0 aliphatic heterocycles. The van der Waals surface area contributed by atoms with Gasteiger partial charge >= 0.3 is 5.97 Å². The Morgan fingerprint density at radius 2 is 1.92 bits per heavy atom. The summed E-state index contributed by atoms with van der Waals surface area (Å²) in [5.41, 5.74) is 2.63. The van der Waals surface area contributed by atoms with Crippen LogP contribution in [0.4, 0.5) is 5.69 Å². The second-order valence-corrected chi connectivity index (χ2v) is 5.94. The van der Waals surface area contributed by atoms with Gasteiger partial charge in [-0.05, 0) is 54.8 Å². The lowest BCUT2D eigenvalue weighted by Gasteiger charge is -2.12. The van der Waals surface area contributed by atoms with E-state index in [-0.39, 0.29) is 5.91 Å². The average Bonchev–Trinajstić information content (AvgIpc) is 2.60. The summed E-state index contributed by atoms with van der Waals surface area (Å²) in [5.74, 6) is -0.974. The molecule has 2 aromatic rings. The van der Waals surface area contributed by atoms with E-state index >= 15 is 0 Å². The van der Waals surface area contributed by atoms with E-state index in [1.54, 1.807) is 24.3 Å². The van der Waals surface area contributed by atoms with Crippen LogP contribution in [0.15, 0.2) is 54.6 Å². The summed E-state index contributed by atoms with van der Waals surface area (Å²) in [6.45, 7) is 3.59. The van der Waals surface area contributed by atoms with Crippen LogP contribution < -0.4 is 5.32 Å². The first-order chi connectivity index (χ1) is 12.0. The minimum absolute atomic E-state index is 0.381. The number of carbonyl (C=O) groups excluding carboxylic acids is 2. The maximum absolute atomic E-state index is 12.1. The fourth-order valence-corrected chi connectivity index (χ4v) is 2.31. The maximum atomic E-state index is 12.1. The van der Waals surface area contributed by atoms with Crippen LogP contribution in [-0.4, -0.2) is 18.0 Å². The number of halogens is 1. The molecule has 0 aromatic heterocycles. The fraction of sp³-hybridized carbons (Fsp3) is 0.200. The van der Waals surface area contributed by atoms with Crippen LogP contribution >= 0.6 is 11.6 Å². The Labute approximate surface area is 152 Å². The molecule has 1 N–H and O–H groups in total. The molecule has 0 unspecified atom stereocenters. The van der Waals surface area contributed by atoms with Gasteiger partial charge in [0.2, 0.25) is 0 Å². The third kappa shape index (κ3) is 6.08. The van der Waals surface area contributed by atoms with Gasteiger partial charge < -0.3 is 10.1 Å². The van der Waals surface area contributed by atoms with Crippen molar-refractivity contribution >= 4 is 35.2 Å². The molecule has 2 rings (SSSR count). The number of aryl methyl sites for hydroxylation is 1. The summed E-state index contributed by atoms with van der Waals surface area (Å²) in [4.78, 5) is 23.9. The minimum Gasteiger partial charge on any atom is -0.449 e. The Bertz CT molecular complexity index is 769. The van der Waals surface area contributed by atoms with Crippen molar-refractivity contribution in [3.63, 3.8) is 0 Å². The zero-order valence-corrected chi connectivity index (χ0v) is 14.9. The number of rotatable bonds is 6. The summed E-state index contributed by atoms with van der Waals surface area (Å²) < 4.78 is 5.11. The number of esters is 1. The van der Waals surface area contributed by atoms with Crippen LogP contribution in [0, 0.1) is 0 Å². The molecular weight excluding hydrogens is 338 g/mol. The van der Waals surface area contributed by atoms with Gasteiger partial charge in [-0.15, -0.1) is 0 Å². The molecule has 0 radical (unpaired) electrons. The van der Waals surface area contributed by atoms with Gasteiger partial charge in [-0.1, -0.05) is 42.8 Å². The highest BCUT2D eigenvalue weighted by atomic mass is 35.5. The van der Waals surface area contributed by atoms with E-state index in [0.29, 0.717) is 10.7 Å². The molecule has 4 nitrogen and oxygen atoms in total. The van der Waals surface area contributed by atoms with Crippen molar-refractivity contribution in [3.05, 3.63) is 70.8 Å². The van der Waals surface area contributed by atoms with Crippen LogP contribution in [0.25, 0.3) is 6.08 Å². The lowest BCUT2D eigenvalue weighted by Crippen LogP contribution is -2.29.